The zero-order valence-corrected chi connectivity index (χ0v) is 20.0. The largest absolute Gasteiger partial charge is 0.497 e. The van der Waals surface area contributed by atoms with Crippen LogP contribution in [-0.4, -0.2) is 33.5 Å². The summed E-state index contributed by atoms with van der Waals surface area (Å²) in [5.74, 6) is 2.44. The Bertz CT molecular complexity index is 1020. The lowest BCUT2D eigenvalue weighted by Crippen LogP contribution is -2.24. The third-order valence-corrected chi connectivity index (χ3v) is 5.83. The van der Waals surface area contributed by atoms with Crippen LogP contribution in [0.25, 0.3) is 0 Å². The number of carbonyl (C=O) groups excluding carboxylic acids is 1. The van der Waals surface area contributed by atoms with Crippen LogP contribution in [0.1, 0.15) is 49.9 Å². The monoisotopic (exact) mass is 454 g/mol. The Hall–Kier alpha value is -3.00. The predicted molar refractivity (Wildman–Crippen MR) is 126 cm³/mol. The Labute approximate surface area is 193 Å². The number of nitrogens with zero attached hydrogens (tertiary/aromatic N) is 3. The topological polar surface area (TPSA) is 78.3 Å². The van der Waals surface area contributed by atoms with Crippen LogP contribution in [0.4, 0.5) is 0 Å². The first-order chi connectivity index (χ1) is 15.4. The first kappa shape index (κ1) is 23.7. The molecule has 0 radical (unpaired) electrons. The number of hydrogen-bond acceptors (Lipinski definition) is 6. The van der Waals surface area contributed by atoms with Crippen LogP contribution in [0.5, 0.6) is 11.5 Å². The highest BCUT2D eigenvalue weighted by Gasteiger charge is 2.22. The summed E-state index contributed by atoms with van der Waals surface area (Å²) in [5.41, 5.74) is 2.27. The molecule has 0 aliphatic carbocycles. The Kier molecular flexibility index (Phi) is 8.16. The Balaban J connectivity index is 1.60. The second-order valence-corrected chi connectivity index (χ2v) is 8.73. The quantitative estimate of drug-likeness (QED) is 0.447. The van der Waals surface area contributed by atoms with E-state index in [9.17, 15) is 4.79 Å². The average Bonchev–Trinajstić information content (AvgIpc) is 3.22. The molecule has 1 N–H and O–H groups in total. The summed E-state index contributed by atoms with van der Waals surface area (Å²) in [4.78, 5) is 12.3. The van der Waals surface area contributed by atoms with Crippen LogP contribution < -0.4 is 14.8 Å². The van der Waals surface area contributed by atoms with E-state index in [4.69, 9.17) is 9.47 Å². The highest BCUT2D eigenvalue weighted by Crippen LogP contribution is 2.28. The van der Waals surface area contributed by atoms with Crippen molar-refractivity contribution in [1.29, 1.82) is 0 Å². The van der Waals surface area contributed by atoms with Crippen molar-refractivity contribution in [2.24, 2.45) is 0 Å². The molecule has 1 atom stereocenters. The van der Waals surface area contributed by atoms with Crippen molar-refractivity contribution < 1.29 is 14.3 Å². The second-order valence-electron chi connectivity index (χ2n) is 7.79. The van der Waals surface area contributed by atoms with E-state index in [1.807, 2.05) is 66.9 Å². The molecule has 0 aliphatic rings. The lowest BCUT2D eigenvalue weighted by molar-refractivity contribution is -0.118. The van der Waals surface area contributed by atoms with Gasteiger partial charge in [-0.15, -0.1) is 10.2 Å². The van der Waals surface area contributed by atoms with Crippen molar-refractivity contribution in [1.82, 2.24) is 20.1 Å². The zero-order chi connectivity index (χ0) is 23.1. The van der Waals surface area contributed by atoms with Gasteiger partial charge in [0.25, 0.3) is 0 Å². The molecule has 8 heteroatoms. The van der Waals surface area contributed by atoms with Gasteiger partial charge in [-0.05, 0) is 57.5 Å². The number of aromatic nitrogens is 3. The van der Waals surface area contributed by atoms with Crippen molar-refractivity contribution in [3.8, 4) is 11.5 Å². The highest BCUT2D eigenvalue weighted by molar-refractivity contribution is 7.99. The molecule has 0 aliphatic heterocycles. The fourth-order valence-electron chi connectivity index (χ4n) is 3.15. The van der Waals surface area contributed by atoms with Gasteiger partial charge >= 0.3 is 0 Å². The number of amides is 1. The number of benzene rings is 2. The second kappa shape index (κ2) is 11.0. The Morgan fingerprint density at radius 3 is 2.31 bits per heavy atom. The maximum atomic E-state index is 12.3. The van der Waals surface area contributed by atoms with Gasteiger partial charge in [0.05, 0.1) is 12.9 Å². The van der Waals surface area contributed by atoms with Gasteiger partial charge in [-0.3, -0.25) is 4.79 Å². The molecule has 0 saturated heterocycles. The number of nitrogens with one attached hydrogen (secondary N) is 1. The fraction of sp³-hybridized carbons (Fsp3) is 0.375. The molecule has 170 valence electrons. The number of rotatable bonds is 10. The van der Waals surface area contributed by atoms with Gasteiger partial charge in [-0.1, -0.05) is 41.6 Å². The SMILES string of the molecule is COc1ccc(OC(C)c2nnc(SCC(=O)NCc3ccc(C)cc3)n2C(C)C)cc1. The van der Waals surface area contributed by atoms with Gasteiger partial charge in [0.15, 0.2) is 17.1 Å². The van der Waals surface area contributed by atoms with Crippen molar-refractivity contribution in [3.05, 3.63) is 65.5 Å². The number of hydrogen-bond donors (Lipinski definition) is 1. The van der Waals surface area contributed by atoms with Gasteiger partial charge in [-0.2, -0.15) is 0 Å². The third-order valence-electron chi connectivity index (χ3n) is 4.89. The number of ether oxygens (including phenoxy) is 2. The minimum atomic E-state index is -0.303. The number of aryl methyl sites for hydroxylation is 1. The summed E-state index contributed by atoms with van der Waals surface area (Å²) in [6.07, 6.45) is -0.303. The number of carbonyl (C=O) groups is 1. The molecule has 0 fully saturated rings. The molecule has 3 aromatic rings. The Morgan fingerprint density at radius 1 is 1.03 bits per heavy atom. The van der Waals surface area contributed by atoms with Crippen LogP contribution in [0.3, 0.4) is 0 Å². The van der Waals surface area contributed by atoms with Gasteiger partial charge in [0.2, 0.25) is 5.91 Å². The summed E-state index contributed by atoms with van der Waals surface area (Å²) in [5, 5.41) is 12.3. The van der Waals surface area contributed by atoms with Crippen molar-refractivity contribution in [3.63, 3.8) is 0 Å². The summed E-state index contributed by atoms with van der Waals surface area (Å²) < 4.78 is 13.3. The van der Waals surface area contributed by atoms with E-state index in [2.05, 4.69) is 29.4 Å². The molecule has 1 amide bonds. The maximum absolute atomic E-state index is 12.3. The smallest absolute Gasteiger partial charge is 0.230 e. The first-order valence-corrected chi connectivity index (χ1v) is 11.6. The van der Waals surface area contributed by atoms with Crippen molar-refractivity contribution in [2.75, 3.05) is 12.9 Å². The molecule has 2 aromatic carbocycles. The van der Waals surface area contributed by atoms with Crippen LogP contribution in [0.2, 0.25) is 0 Å². The molecular weight excluding hydrogens is 424 g/mol. The van der Waals surface area contributed by atoms with E-state index < -0.39 is 0 Å². The summed E-state index contributed by atoms with van der Waals surface area (Å²) in [6.45, 7) is 8.62. The van der Waals surface area contributed by atoms with Crippen LogP contribution >= 0.6 is 11.8 Å². The summed E-state index contributed by atoms with van der Waals surface area (Å²) in [7, 11) is 1.63. The van der Waals surface area contributed by atoms with Crippen molar-refractivity contribution >= 4 is 17.7 Å². The molecule has 0 spiro atoms. The highest BCUT2D eigenvalue weighted by atomic mass is 32.2. The van der Waals surface area contributed by atoms with Gasteiger partial charge in [0.1, 0.15) is 11.5 Å². The van der Waals surface area contributed by atoms with Crippen LogP contribution in [-0.2, 0) is 11.3 Å². The van der Waals surface area contributed by atoms with Gasteiger partial charge < -0.3 is 19.4 Å². The maximum Gasteiger partial charge on any atom is 0.230 e. The third kappa shape index (κ3) is 6.26. The number of thioether (sulfide) groups is 1. The minimum Gasteiger partial charge on any atom is -0.497 e. The predicted octanol–water partition coefficient (Wildman–Crippen LogP) is 4.72. The van der Waals surface area contributed by atoms with E-state index in [1.54, 1.807) is 7.11 Å². The van der Waals surface area contributed by atoms with E-state index in [0.29, 0.717) is 11.7 Å². The van der Waals surface area contributed by atoms with E-state index >= 15 is 0 Å². The zero-order valence-electron chi connectivity index (χ0n) is 19.2. The average molecular weight is 455 g/mol. The first-order valence-electron chi connectivity index (χ1n) is 10.6. The molecule has 0 bridgehead atoms. The standard InChI is InChI=1S/C24H30N4O3S/c1-16(2)28-23(18(4)31-21-12-10-20(30-5)11-13-21)26-27-24(28)32-15-22(29)25-14-19-8-6-17(3)7-9-19/h6-13,16,18H,14-15H2,1-5H3,(H,25,29). The fourth-order valence-corrected chi connectivity index (χ4v) is 4.05. The molecule has 3 rings (SSSR count). The lowest BCUT2D eigenvalue weighted by atomic mass is 10.1. The molecule has 1 heterocycles. The molecule has 0 saturated carbocycles. The van der Waals surface area contributed by atoms with Crippen LogP contribution in [0.15, 0.2) is 53.7 Å². The molecule has 1 aromatic heterocycles. The molecule has 7 nitrogen and oxygen atoms in total. The van der Waals surface area contributed by atoms with Gasteiger partial charge in [-0.25, -0.2) is 0 Å². The lowest BCUT2D eigenvalue weighted by Gasteiger charge is -2.19. The molecular formula is C24H30N4O3S. The molecule has 32 heavy (non-hydrogen) atoms. The molecule has 1 unspecified atom stereocenters. The van der Waals surface area contributed by atoms with E-state index in [0.717, 1.165) is 22.9 Å². The normalized spacial score (nSPS) is 11.9. The summed E-state index contributed by atoms with van der Waals surface area (Å²) >= 11 is 1.38. The minimum absolute atomic E-state index is 0.0436. The summed E-state index contributed by atoms with van der Waals surface area (Å²) in [6, 6.07) is 15.7. The van der Waals surface area contributed by atoms with Crippen LogP contribution in [0, 0.1) is 6.92 Å². The number of methoxy groups -OCH3 is 1. The van der Waals surface area contributed by atoms with Crippen molar-refractivity contribution in [2.45, 2.75) is 51.5 Å². The van der Waals surface area contributed by atoms with E-state index in [-0.39, 0.29) is 23.8 Å². The van der Waals surface area contributed by atoms with Gasteiger partial charge in [0, 0.05) is 12.6 Å². The Morgan fingerprint density at radius 2 is 1.69 bits per heavy atom. The van der Waals surface area contributed by atoms with E-state index in [1.165, 1.54) is 17.3 Å².